The van der Waals surface area contributed by atoms with Gasteiger partial charge in [0, 0.05) is 23.9 Å². The van der Waals surface area contributed by atoms with Gasteiger partial charge >= 0.3 is 0 Å². The maximum atomic E-state index is 12.8. The van der Waals surface area contributed by atoms with E-state index in [0.717, 1.165) is 11.3 Å². The van der Waals surface area contributed by atoms with Gasteiger partial charge in [0.15, 0.2) is 0 Å². The van der Waals surface area contributed by atoms with Crippen LogP contribution < -0.4 is 5.73 Å². The molecule has 17 heavy (non-hydrogen) atoms. The van der Waals surface area contributed by atoms with Crippen LogP contribution in [0.2, 0.25) is 0 Å². The first-order valence-electron chi connectivity index (χ1n) is 5.60. The van der Waals surface area contributed by atoms with Crippen LogP contribution in [0, 0.1) is 5.82 Å². The fourth-order valence-corrected chi connectivity index (χ4v) is 1.80. The first-order valence-corrected chi connectivity index (χ1v) is 5.60. The Labute approximate surface area is 100 Å². The SMILES string of the molecule is CC(c1ccccn1)C(N)c1ccc(F)cc1. The van der Waals surface area contributed by atoms with E-state index in [2.05, 4.69) is 4.98 Å². The summed E-state index contributed by atoms with van der Waals surface area (Å²) in [5.74, 6) is -0.145. The van der Waals surface area contributed by atoms with Crippen molar-refractivity contribution in [1.82, 2.24) is 4.98 Å². The van der Waals surface area contributed by atoms with Gasteiger partial charge in [-0.2, -0.15) is 0 Å². The maximum Gasteiger partial charge on any atom is 0.123 e. The number of halogens is 1. The highest BCUT2D eigenvalue weighted by Crippen LogP contribution is 2.26. The van der Waals surface area contributed by atoms with Gasteiger partial charge in [-0.1, -0.05) is 25.1 Å². The molecular formula is C14H15FN2. The molecule has 2 rings (SSSR count). The summed E-state index contributed by atoms with van der Waals surface area (Å²) < 4.78 is 12.8. The van der Waals surface area contributed by atoms with Gasteiger partial charge in [-0.05, 0) is 29.8 Å². The lowest BCUT2D eigenvalue weighted by Crippen LogP contribution is -2.18. The van der Waals surface area contributed by atoms with E-state index >= 15 is 0 Å². The average Bonchev–Trinajstić information content (AvgIpc) is 2.39. The fraction of sp³-hybridized carbons (Fsp3) is 0.214. The molecule has 0 saturated carbocycles. The highest BCUT2D eigenvalue weighted by Gasteiger charge is 2.17. The highest BCUT2D eigenvalue weighted by molar-refractivity contribution is 5.24. The molecule has 0 aliphatic carbocycles. The number of rotatable bonds is 3. The molecule has 0 aliphatic heterocycles. The monoisotopic (exact) mass is 230 g/mol. The number of hydrogen-bond acceptors (Lipinski definition) is 2. The van der Waals surface area contributed by atoms with E-state index in [1.807, 2.05) is 25.1 Å². The molecule has 2 N–H and O–H groups in total. The topological polar surface area (TPSA) is 38.9 Å². The zero-order valence-electron chi connectivity index (χ0n) is 9.68. The van der Waals surface area contributed by atoms with Crippen molar-refractivity contribution in [2.75, 3.05) is 0 Å². The second-order valence-electron chi connectivity index (χ2n) is 4.12. The van der Waals surface area contributed by atoms with Crippen LogP contribution in [0.4, 0.5) is 4.39 Å². The summed E-state index contributed by atoms with van der Waals surface area (Å²) in [7, 11) is 0. The van der Waals surface area contributed by atoms with Gasteiger partial charge in [-0.25, -0.2) is 4.39 Å². The predicted octanol–water partition coefficient (Wildman–Crippen LogP) is 3.02. The molecule has 0 aliphatic rings. The van der Waals surface area contributed by atoms with Crippen molar-refractivity contribution in [3.05, 3.63) is 65.7 Å². The summed E-state index contributed by atoms with van der Waals surface area (Å²) in [6, 6.07) is 11.9. The minimum Gasteiger partial charge on any atom is -0.323 e. The van der Waals surface area contributed by atoms with Gasteiger partial charge in [-0.3, -0.25) is 4.98 Å². The maximum absolute atomic E-state index is 12.8. The van der Waals surface area contributed by atoms with E-state index in [0.29, 0.717) is 0 Å². The third-order valence-electron chi connectivity index (χ3n) is 2.95. The molecule has 0 amide bonds. The lowest BCUT2D eigenvalue weighted by molar-refractivity contribution is 0.579. The number of aromatic nitrogens is 1. The molecule has 1 aromatic heterocycles. The zero-order chi connectivity index (χ0) is 12.3. The largest absolute Gasteiger partial charge is 0.323 e. The van der Waals surface area contributed by atoms with E-state index in [4.69, 9.17) is 5.73 Å². The molecule has 2 atom stereocenters. The number of pyridine rings is 1. The van der Waals surface area contributed by atoms with Crippen molar-refractivity contribution in [2.45, 2.75) is 18.9 Å². The Morgan fingerprint density at radius 3 is 2.41 bits per heavy atom. The van der Waals surface area contributed by atoms with Crippen molar-refractivity contribution < 1.29 is 4.39 Å². The third-order valence-corrected chi connectivity index (χ3v) is 2.95. The van der Waals surface area contributed by atoms with Crippen molar-refractivity contribution in [3.8, 4) is 0 Å². The first-order chi connectivity index (χ1) is 8.18. The van der Waals surface area contributed by atoms with Crippen molar-refractivity contribution in [1.29, 1.82) is 0 Å². The fourth-order valence-electron chi connectivity index (χ4n) is 1.80. The van der Waals surface area contributed by atoms with Gasteiger partial charge in [0.05, 0.1) is 0 Å². The number of nitrogens with two attached hydrogens (primary N) is 1. The molecule has 0 spiro atoms. The Balaban J connectivity index is 2.20. The van der Waals surface area contributed by atoms with E-state index in [1.54, 1.807) is 18.3 Å². The Hall–Kier alpha value is -1.74. The molecule has 0 saturated heterocycles. The van der Waals surface area contributed by atoms with Crippen LogP contribution in [0.5, 0.6) is 0 Å². The summed E-state index contributed by atoms with van der Waals surface area (Å²) >= 11 is 0. The second kappa shape index (κ2) is 5.06. The van der Waals surface area contributed by atoms with Gasteiger partial charge in [0.25, 0.3) is 0 Å². The van der Waals surface area contributed by atoms with Gasteiger partial charge < -0.3 is 5.73 Å². The predicted molar refractivity (Wildman–Crippen MR) is 66.0 cm³/mol. The molecule has 1 aromatic carbocycles. The smallest absolute Gasteiger partial charge is 0.123 e. The van der Waals surface area contributed by atoms with Crippen LogP contribution in [0.3, 0.4) is 0 Å². The molecule has 3 heteroatoms. The minimum atomic E-state index is -0.244. The summed E-state index contributed by atoms with van der Waals surface area (Å²) in [6.07, 6.45) is 1.75. The van der Waals surface area contributed by atoms with E-state index < -0.39 is 0 Å². The standard InChI is InChI=1S/C14H15FN2/c1-10(13-4-2-3-9-17-13)14(16)11-5-7-12(15)8-6-11/h2-10,14H,16H2,1H3. The quantitative estimate of drug-likeness (QED) is 0.880. The second-order valence-corrected chi connectivity index (χ2v) is 4.12. The summed E-state index contributed by atoms with van der Waals surface area (Å²) in [4.78, 5) is 4.29. The van der Waals surface area contributed by atoms with Crippen LogP contribution in [0.15, 0.2) is 48.7 Å². The molecule has 1 heterocycles. The van der Waals surface area contributed by atoms with Crippen LogP contribution in [-0.2, 0) is 0 Å². The van der Waals surface area contributed by atoms with Crippen molar-refractivity contribution >= 4 is 0 Å². The molecular weight excluding hydrogens is 215 g/mol. The average molecular weight is 230 g/mol. The lowest BCUT2D eigenvalue weighted by atomic mass is 9.92. The van der Waals surface area contributed by atoms with E-state index in [-0.39, 0.29) is 17.8 Å². The van der Waals surface area contributed by atoms with Crippen LogP contribution in [0.1, 0.15) is 30.1 Å². The highest BCUT2D eigenvalue weighted by atomic mass is 19.1. The number of benzene rings is 1. The Kier molecular flexibility index (Phi) is 3.49. The first kappa shape index (κ1) is 11.7. The molecule has 88 valence electrons. The van der Waals surface area contributed by atoms with E-state index in [9.17, 15) is 4.39 Å². The minimum absolute atomic E-state index is 0.0988. The van der Waals surface area contributed by atoms with Crippen molar-refractivity contribution in [3.63, 3.8) is 0 Å². The normalized spacial score (nSPS) is 14.3. The Morgan fingerprint density at radius 2 is 1.82 bits per heavy atom. The Morgan fingerprint density at radius 1 is 1.12 bits per heavy atom. The van der Waals surface area contributed by atoms with Crippen LogP contribution in [-0.4, -0.2) is 4.98 Å². The molecule has 0 bridgehead atoms. The lowest BCUT2D eigenvalue weighted by Gasteiger charge is -2.19. The van der Waals surface area contributed by atoms with Gasteiger partial charge in [0.1, 0.15) is 5.82 Å². The molecule has 0 fully saturated rings. The molecule has 2 aromatic rings. The van der Waals surface area contributed by atoms with Crippen LogP contribution in [0.25, 0.3) is 0 Å². The van der Waals surface area contributed by atoms with Crippen molar-refractivity contribution in [2.24, 2.45) is 5.73 Å². The molecule has 0 radical (unpaired) electrons. The summed E-state index contributed by atoms with van der Waals surface area (Å²) in [5.41, 5.74) is 8.03. The number of nitrogens with zero attached hydrogens (tertiary/aromatic N) is 1. The molecule has 2 unspecified atom stereocenters. The van der Waals surface area contributed by atoms with E-state index in [1.165, 1.54) is 12.1 Å². The third kappa shape index (κ3) is 2.68. The molecule has 2 nitrogen and oxygen atoms in total. The summed E-state index contributed by atoms with van der Waals surface area (Å²) in [6.45, 7) is 2.02. The zero-order valence-corrected chi connectivity index (χ0v) is 9.68. The van der Waals surface area contributed by atoms with Crippen LogP contribution >= 0.6 is 0 Å². The number of hydrogen-bond donors (Lipinski definition) is 1. The summed E-state index contributed by atoms with van der Waals surface area (Å²) in [5, 5.41) is 0. The van der Waals surface area contributed by atoms with Gasteiger partial charge in [-0.15, -0.1) is 0 Å². The van der Waals surface area contributed by atoms with Gasteiger partial charge in [0.2, 0.25) is 0 Å². The Bertz CT molecular complexity index is 467.